The maximum atomic E-state index is 10.5. The number of rotatable bonds is 6. The lowest BCUT2D eigenvalue weighted by atomic mass is 9.99. The van der Waals surface area contributed by atoms with Gasteiger partial charge in [0.15, 0.2) is 5.96 Å². The fourth-order valence-electron chi connectivity index (χ4n) is 0.792. The van der Waals surface area contributed by atoms with Gasteiger partial charge in [0.05, 0.1) is 5.54 Å². The molecule has 0 aliphatic carbocycles. The zero-order valence-corrected chi connectivity index (χ0v) is 8.33. The maximum Gasteiger partial charge on any atom is 0.185 e. The lowest BCUT2D eigenvalue weighted by molar-refractivity contribution is -0.111. The van der Waals surface area contributed by atoms with Gasteiger partial charge in [-0.2, -0.15) is 12.6 Å². The summed E-state index contributed by atoms with van der Waals surface area (Å²) < 4.78 is 0. The van der Waals surface area contributed by atoms with Crippen LogP contribution in [-0.4, -0.2) is 30.1 Å². The van der Waals surface area contributed by atoms with E-state index >= 15 is 0 Å². The van der Waals surface area contributed by atoms with Crippen LogP contribution in [-0.2, 0) is 4.79 Å². The average molecular weight is 204 g/mol. The maximum absolute atomic E-state index is 10.5. The first-order valence-corrected chi connectivity index (χ1v) is 4.59. The van der Waals surface area contributed by atoms with Gasteiger partial charge in [-0.05, 0) is 12.8 Å². The second-order valence-electron chi connectivity index (χ2n) is 2.92. The molecule has 0 rings (SSSR count). The zero-order chi connectivity index (χ0) is 10.3. The van der Waals surface area contributed by atoms with E-state index in [-0.39, 0.29) is 5.96 Å². The van der Waals surface area contributed by atoms with Gasteiger partial charge < -0.3 is 22.0 Å². The third-order valence-corrected chi connectivity index (χ3v) is 2.21. The lowest BCUT2D eigenvalue weighted by Gasteiger charge is -2.19. The Hall–Kier alpha value is -0.750. The molecule has 0 aromatic rings. The van der Waals surface area contributed by atoms with Crippen molar-refractivity contribution in [2.75, 3.05) is 12.3 Å². The second kappa shape index (κ2) is 5.82. The van der Waals surface area contributed by atoms with E-state index in [0.717, 1.165) is 6.29 Å². The van der Waals surface area contributed by atoms with Crippen LogP contribution in [0.5, 0.6) is 0 Å². The topological polar surface area (TPSA) is 107 Å². The molecule has 5 nitrogen and oxygen atoms in total. The van der Waals surface area contributed by atoms with Gasteiger partial charge in [0.25, 0.3) is 0 Å². The van der Waals surface area contributed by atoms with Crippen molar-refractivity contribution in [2.45, 2.75) is 18.4 Å². The highest BCUT2D eigenvalue weighted by molar-refractivity contribution is 7.80. The van der Waals surface area contributed by atoms with E-state index in [0.29, 0.717) is 25.1 Å². The molecule has 0 saturated heterocycles. The summed E-state index contributed by atoms with van der Waals surface area (Å²) in [4.78, 5) is 14.3. The van der Waals surface area contributed by atoms with Crippen molar-refractivity contribution in [1.29, 1.82) is 0 Å². The van der Waals surface area contributed by atoms with E-state index in [2.05, 4.69) is 17.6 Å². The number of nitrogens with two attached hydrogens (primary N) is 3. The van der Waals surface area contributed by atoms with Crippen LogP contribution >= 0.6 is 12.6 Å². The minimum Gasteiger partial charge on any atom is -0.370 e. The fourth-order valence-corrected chi connectivity index (χ4v) is 1.02. The van der Waals surface area contributed by atoms with Crippen molar-refractivity contribution >= 4 is 24.9 Å². The Kier molecular flexibility index (Phi) is 5.48. The minimum absolute atomic E-state index is 0.0552. The van der Waals surface area contributed by atoms with Crippen molar-refractivity contribution in [1.82, 2.24) is 0 Å². The molecule has 0 heterocycles. The summed E-state index contributed by atoms with van der Waals surface area (Å²) >= 11 is 3.98. The van der Waals surface area contributed by atoms with Gasteiger partial charge in [-0.25, -0.2) is 0 Å². The first kappa shape index (κ1) is 12.2. The Balaban J connectivity index is 3.74. The van der Waals surface area contributed by atoms with E-state index in [9.17, 15) is 4.79 Å². The van der Waals surface area contributed by atoms with E-state index in [1.54, 1.807) is 0 Å². The third kappa shape index (κ3) is 5.48. The van der Waals surface area contributed by atoms with Crippen LogP contribution in [0.15, 0.2) is 4.99 Å². The highest BCUT2D eigenvalue weighted by Gasteiger charge is 2.21. The number of nitrogens with zero attached hydrogens (tertiary/aromatic N) is 1. The van der Waals surface area contributed by atoms with Crippen LogP contribution in [0.1, 0.15) is 12.8 Å². The third-order valence-electron chi connectivity index (χ3n) is 1.62. The lowest BCUT2D eigenvalue weighted by Crippen LogP contribution is -2.43. The van der Waals surface area contributed by atoms with Crippen molar-refractivity contribution in [2.24, 2.45) is 22.2 Å². The van der Waals surface area contributed by atoms with Crippen LogP contribution in [0.25, 0.3) is 0 Å². The molecule has 6 heteroatoms. The molecule has 0 aromatic heterocycles. The molecular weight excluding hydrogens is 188 g/mol. The Morgan fingerprint density at radius 2 is 2.15 bits per heavy atom. The predicted molar refractivity (Wildman–Crippen MR) is 56.7 cm³/mol. The second-order valence-corrected chi connectivity index (χ2v) is 3.24. The predicted octanol–water partition coefficient (Wildman–Crippen LogP) is -1.13. The molecule has 13 heavy (non-hydrogen) atoms. The number of hydrogen-bond acceptors (Lipinski definition) is 4. The number of guanidine groups is 1. The standard InChI is InChI=1S/C7H16N4OS/c8-6(9)11-3-1-2-7(10,4-12)5-13/h4,13H,1-3,5,10H2,(H4,8,9,11). The molecule has 0 fully saturated rings. The fraction of sp³-hybridized carbons (Fsp3) is 0.714. The molecule has 0 aromatic carbocycles. The SMILES string of the molecule is NC(N)=NCCCC(N)(C=O)CS. The quantitative estimate of drug-likeness (QED) is 0.144. The monoisotopic (exact) mass is 204 g/mol. The first-order chi connectivity index (χ1) is 6.04. The molecule has 0 saturated carbocycles. The van der Waals surface area contributed by atoms with Gasteiger partial charge in [-0.15, -0.1) is 0 Å². The van der Waals surface area contributed by atoms with E-state index in [4.69, 9.17) is 17.2 Å². The van der Waals surface area contributed by atoms with Crippen LogP contribution in [0.2, 0.25) is 0 Å². The van der Waals surface area contributed by atoms with Crippen molar-refractivity contribution in [3.63, 3.8) is 0 Å². The number of hydrogen-bond donors (Lipinski definition) is 4. The van der Waals surface area contributed by atoms with Gasteiger partial charge in [0, 0.05) is 12.3 Å². The van der Waals surface area contributed by atoms with Crippen LogP contribution in [0.4, 0.5) is 0 Å². The molecule has 0 aliphatic heterocycles. The number of aldehydes is 1. The van der Waals surface area contributed by atoms with Crippen LogP contribution < -0.4 is 17.2 Å². The Bertz CT molecular complexity index is 193. The van der Waals surface area contributed by atoms with Crippen molar-refractivity contribution in [3.05, 3.63) is 0 Å². The first-order valence-electron chi connectivity index (χ1n) is 3.95. The van der Waals surface area contributed by atoms with Gasteiger partial charge in [-0.3, -0.25) is 4.99 Å². The molecule has 6 N–H and O–H groups in total. The highest BCUT2D eigenvalue weighted by atomic mass is 32.1. The number of thiol groups is 1. The molecule has 0 amide bonds. The normalized spacial score (nSPS) is 14.6. The molecule has 0 spiro atoms. The molecule has 0 bridgehead atoms. The van der Waals surface area contributed by atoms with E-state index in [1.165, 1.54) is 0 Å². The Morgan fingerprint density at radius 3 is 2.54 bits per heavy atom. The van der Waals surface area contributed by atoms with Gasteiger partial charge >= 0.3 is 0 Å². The van der Waals surface area contributed by atoms with E-state index in [1.807, 2.05) is 0 Å². The largest absolute Gasteiger partial charge is 0.370 e. The summed E-state index contributed by atoms with van der Waals surface area (Å²) in [6, 6.07) is 0. The molecular formula is C7H16N4OS. The van der Waals surface area contributed by atoms with E-state index < -0.39 is 5.54 Å². The molecule has 0 aliphatic rings. The van der Waals surface area contributed by atoms with Crippen molar-refractivity contribution < 1.29 is 4.79 Å². The molecule has 76 valence electrons. The summed E-state index contributed by atoms with van der Waals surface area (Å²) in [6.45, 7) is 0.489. The smallest absolute Gasteiger partial charge is 0.185 e. The summed E-state index contributed by atoms with van der Waals surface area (Å²) in [6.07, 6.45) is 1.93. The van der Waals surface area contributed by atoms with Crippen LogP contribution in [0, 0.1) is 0 Å². The van der Waals surface area contributed by atoms with Gasteiger partial charge in [0.1, 0.15) is 6.29 Å². The Labute approximate surface area is 83.2 Å². The summed E-state index contributed by atoms with van der Waals surface area (Å²) in [5.74, 6) is 0.387. The average Bonchev–Trinajstić information content (AvgIpc) is 2.12. The highest BCUT2D eigenvalue weighted by Crippen LogP contribution is 2.08. The van der Waals surface area contributed by atoms with Crippen molar-refractivity contribution in [3.8, 4) is 0 Å². The summed E-state index contributed by atoms with van der Waals surface area (Å²) in [5.41, 5.74) is 15.1. The summed E-state index contributed by atoms with van der Waals surface area (Å²) in [5, 5.41) is 0. The number of carbonyl (C=O) groups excluding carboxylic acids is 1. The summed E-state index contributed by atoms with van der Waals surface area (Å²) in [7, 11) is 0. The van der Waals surface area contributed by atoms with Gasteiger partial charge in [-0.1, -0.05) is 0 Å². The van der Waals surface area contributed by atoms with Gasteiger partial charge in [0.2, 0.25) is 0 Å². The number of carbonyl (C=O) groups is 1. The minimum atomic E-state index is -0.845. The molecule has 0 radical (unpaired) electrons. The molecule has 1 atom stereocenters. The molecule has 1 unspecified atom stereocenters. The van der Waals surface area contributed by atoms with Crippen LogP contribution in [0.3, 0.4) is 0 Å². The zero-order valence-electron chi connectivity index (χ0n) is 7.44. The number of aliphatic imine (C=N–C) groups is 1. The Morgan fingerprint density at radius 1 is 1.54 bits per heavy atom.